The highest BCUT2D eigenvalue weighted by Crippen LogP contribution is 2.26. The van der Waals surface area contributed by atoms with Crippen LogP contribution >= 0.6 is 11.6 Å². The first-order valence-corrected chi connectivity index (χ1v) is 9.30. The van der Waals surface area contributed by atoms with Gasteiger partial charge in [-0.3, -0.25) is 4.79 Å². The van der Waals surface area contributed by atoms with E-state index in [9.17, 15) is 4.79 Å². The van der Waals surface area contributed by atoms with Crippen LogP contribution in [0.5, 0.6) is 5.75 Å². The number of carbonyl (C=O) groups excluding carboxylic acids is 1. The first kappa shape index (κ1) is 17.0. The van der Waals surface area contributed by atoms with Gasteiger partial charge in [0.15, 0.2) is 0 Å². The molecular weight excluding hydrogens is 348 g/mol. The molecule has 5 heteroatoms. The van der Waals surface area contributed by atoms with E-state index in [-0.39, 0.29) is 5.91 Å². The van der Waals surface area contributed by atoms with Crippen LogP contribution in [0, 0.1) is 0 Å². The van der Waals surface area contributed by atoms with E-state index in [0.717, 1.165) is 48.1 Å². The molecule has 1 fully saturated rings. The van der Waals surface area contributed by atoms with Crippen LogP contribution in [0.1, 0.15) is 11.1 Å². The van der Waals surface area contributed by atoms with E-state index >= 15 is 0 Å². The highest BCUT2D eigenvalue weighted by atomic mass is 35.5. The summed E-state index contributed by atoms with van der Waals surface area (Å²) in [5.41, 5.74) is 3.37. The Morgan fingerprint density at radius 1 is 1.08 bits per heavy atom. The second-order valence-corrected chi connectivity index (χ2v) is 7.03. The molecule has 2 aliphatic rings. The number of amides is 1. The number of rotatable bonds is 3. The Labute approximate surface area is 158 Å². The summed E-state index contributed by atoms with van der Waals surface area (Å²) >= 11 is 6.07. The van der Waals surface area contributed by atoms with E-state index in [1.807, 2.05) is 41.3 Å². The summed E-state index contributed by atoms with van der Waals surface area (Å²) in [7, 11) is 0. The molecule has 0 bridgehead atoms. The molecular formula is C21H21ClN2O2. The number of nitrogens with zero attached hydrogens (tertiary/aromatic N) is 2. The fourth-order valence-corrected chi connectivity index (χ4v) is 3.63. The van der Waals surface area contributed by atoms with Crippen molar-refractivity contribution in [2.45, 2.75) is 6.42 Å². The number of fused-ring (bicyclic) bond motifs is 1. The second kappa shape index (κ2) is 7.42. The third-order valence-electron chi connectivity index (χ3n) is 4.90. The zero-order valence-corrected chi connectivity index (χ0v) is 15.3. The zero-order chi connectivity index (χ0) is 17.9. The van der Waals surface area contributed by atoms with Gasteiger partial charge in [0.1, 0.15) is 5.75 Å². The number of carbonyl (C=O) groups is 1. The summed E-state index contributed by atoms with van der Waals surface area (Å²) in [6.45, 7) is 3.81. The van der Waals surface area contributed by atoms with Gasteiger partial charge in [0.2, 0.25) is 5.91 Å². The lowest BCUT2D eigenvalue weighted by Gasteiger charge is -2.35. The summed E-state index contributed by atoms with van der Waals surface area (Å²) in [5, 5.41) is 0.740. The van der Waals surface area contributed by atoms with Gasteiger partial charge in [0, 0.05) is 49.4 Å². The Bertz CT molecular complexity index is 842. The van der Waals surface area contributed by atoms with Crippen molar-refractivity contribution < 1.29 is 9.53 Å². The zero-order valence-electron chi connectivity index (χ0n) is 14.5. The maximum atomic E-state index is 12.5. The molecule has 1 amide bonds. The van der Waals surface area contributed by atoms with E-state index in [1.54, 1.807) is 6.08 Å². The second-order valence-electron chi connectivity index (χ2n) is 6.59. The lowest BCUT2D eigenvalue weighted by atomic mass is 10.1. The van der Waals surface area contributed by atoms with Gasteiger partial charge in [-0.1, -0.05) is 23.7 Å². The van der Waals surface area contributed by atoms with Crippen LogP contribution in [0.15, 0.2) is 48.5 Å². The molecule has 1 saturated heterocycles. The minimum atomic E-state index is 0.0625. The van der Waals surface area contributed by atoms with Crippen LogP contribution in [-0.2, 0) is 11.2 Å². The van der Waals surface area contributed by atoms with Crippen molar-refractivity contribution in [1.82, 2.24) is 4.90 Å². The highest BCUT2D eigenvalue weighted by Gasteiger charge is 2.20. The number of halogens is 1. The first-order chi connectivity index (χ1) is 12.7. The lowest BCUT2D eigenvalue weighted by Crippen LogP contribution is -2.48. The molecule has 0 N–H and O–H groups in total. The van der Waals surface area contributed by atoms with Crippen molar-refractivity contribution in [3.8, 4) is 5.75 Å². The van der Waals surface area contributed by atoms with Gasteiger partial charge in [0.05, 0.1) is 6.61 Å². The van der Waals surface area contributed by atoms with Gasteiger partial charge in [-0.15, -0.1) is 0 Å². The molecule has 0 aromatic heterocycles. The quantitative estimate of drug-likeness (QED) is 0.775. The van der Waals surface area contributed by atoms with Crippen molar-refractivity contribution in [1.29, 1.82) is 0 Å². The Balaban J connectivity index is 1.35. The molecule has 2 aromatic rings. The number of hydrogen-bond donors (Lipinski definition) is 0. The summed E-state index contributed by atoms with van der Waals surface area (Å²) in [6, 6.07) is 13.9. The molecule has 2 heterocycles. The van der Waals surface area contributed by atoms with Gasteiger partial charge >= 0.3 is 0 Å². The predicted octanol–water partition coefficient (Wildman–Crippen LogP) is 3.64. The van der Waals surface area contributed by atoms with Crippen molar-refractivity contribution in [2.24, 2.45) is 0 Å². The maximum absolute atomic E-state index is 12.5. The minimum absolute atomic E-state index is 0.0625. The number of ether oxygens (including phenoxy) is 1. The van der Waals surface area contributed by atoms with Crippen LogP contribution in [-0.4, -0.2) is 43.6 Å². The molecule has 2 aromatic carbocycles. The lowest BCUT2D eigenvalue weighted by molar-refractivity contribution is -0.126. The molecule has 26 heavy (non-hydrogen) atoms. The summed E-state index contributed by atoms with van der Waals surface area (Å²) in [6.07, 6.45) is 4.51. The summed E-state index contributed by atoms with van der Waals surface area (Å²) in [5.74, 6) is 1.03. The van der Waals surface area contributed by atoms with E-state index in [2.05, 4.69) is 17.0 Å². The standard InChI is InChI=1S/C21H21ClN2O2/c22-18-2-1-3-19(15-18)23-9-11-24(12-10-23)21(25)7-5-16-4-6-20-17(14-16)8-13-26-20/h1-7,14-15H,8-13H2/b7-5+. The molecule has 2 aliphatic heterocycles. The van der Waals surface area contributed by atoms with Crippen molar-refractivity contribution in [3.05, 3.63) is 64.7 Å². The van der Waals surface area contributed by atoms with E-state index < -0.39 is 0 Å². The fraction of sp³-hybridized carbons (Fsp3) is 0.286. The number of hydrogen-bond acceptors (Lipinski definition) is 3. The Morgan fingerprint density at radius 3 is 2.73 bits per heavy atom. The van der Waals surface area contributed by atoms with Crippen LogP contribution in [0.3, 0.4) is 0 Å². The van der Waals surface area contributed by atoms with E-state index in [1.165, 1.54) is 5.56 Å². The minimum Gasteiger partial charge on any atom is -0.493 e. The highest BCUT2D eigenvalue weighted by molar-refractivity contribution is 6.30. The first-order valence-electron chi connectivity index (χ1n) is 8.92. The van der Waals surface area contributed by atoms with Gasteiger partial charge < -0.3 is 14.5 Å². The van der Waals surface area contributed by atoms with Crippen LogP contribution in [0.2, 0.25) is 5.02 Å². The molecule has 0 spiro atoms. The largest absolute Gasteiger partial charge is 0.493 e. The van der Waals surface area contributed by atoms with E-state index in [4.69, 9.17) is 16.3 Å². The van der Waals surface area contributed by atoms with Crippen LogP contribution < -0.4 is 9.64 Å². The molecule has 4 rings (SSSR count). The van der Waals surface area contributed by atoms with Gasteiger partial charge in [-0.25, -0.2) is 0 Å². The summed E-state index contributed by atoms with van der Waals surface area (Å²) < 4.78 is 5.52. The fourth-order valence-electron chi connectivity index (χ4n) is 3.44. The third kappa shape index (κ3) is 3.70. The topological polar surface area (TPSA) is 32.8 Å². The molecule has 0 saturated carbocycles. The molecule has 0 atom stereocenters. The van der Waals surface area contributed by atoms with Crippen molar-refractivity contribution in [3.63, 3.8) is 0 Å². The van der Waals surface area contributed by atoms with Crippen molar-refractivity contribution >= 4 is 29.3 Å². The SMILES string of the molecule is O=C(/C=C/c1ccc2c(c1)CCO2)N1CCN(c2cccc(Cl)c2)CC1. The van der Waals surface area contributed by atoms with Gasteiger partial charge in [-0.2, -0.15) is 0 Å². The van der Waals surface area contributed by atoms with Crippen LogP contribution in [0.4, 0.5) is 5.69 Å². The summed E-state index contributed by atoms with van der Waals surface area (Å²) in [4.78, 5) is 16.6. The van der Waals surface area contributed by atoms with E-state index in [0.29, 0.717) is 13.1 Å². The Morgan fingerprint density at radius 2 is 1.92 bits per heavy atom. The third-order valence-corrected chi connectivity index (χ3v) is 5.13. The number of benzene rings is 2. The average Bonchev–Trinajstić information content (AvgIpc) is 3.14. The average molecular weight is 369 g/mol. The predicted molar refractivity (Wildman–Crippen MR) is 105 cm³/mol. The molecule has 0 aliphatic carbocycles. The normalized spacial score (nSPS) is 16.7. The smallest absolute Gasteiger partial charge is 0.246 e. The molecule has 4 nitrogen and oxygen atoms in total. The monoisotopic (exact) mass is 368 g/mol. The number of anilines is 1. The van der Waals surface area contributed by atoms with Gasteiger partial charge in [-0.05, 0) is 47.5 Å². The molecule has 134 valence electrons. The number of piperazine rings is 1. The maximum Gasteiger partial charge on any atom is 0.246 e. The Kier molecular flexibility index (Phi) is 4.85. The van der Waals surface area contributed by atoms with Crippen molar-refractivity contribution in [2.75, 3.05) is 37.7 Å². The van der Waals surface area contributed by atoms with Gasteiger partial charge in [0.25, 0.3) is 0 Å². The molecule has 0 radical (unpaired) electrons. The van der Waals surface area contributed by atoms with Crippen LogP contribution in [0.25, 0.3) is 6.08 Å². The Hall–Kier alpha value is -2.46. The molecule has 0 unspecified atom stereocenters.